The van der Waals surface area contributed by atoms with E-state index in [4.69, 9.17) is 14.2 Å². The molecule has 15 nitrogen and oxygen atoms in total. The number of aliphatic hydroxyl groups excluding tert-OH is 3. The standard InChI is InChI=1S/C18H23N3O4.C18H35NO5.C13H19NO/c1-13(22)12-25-18(24)20-9-7-15(8-10-20)21-11-6-14-4-2-3-5-16(14)19-17(21)23;1-3-5-13(6-4-2)19-9-7-14(8-10-19)23-17-11-15(21)18(22)16(12-20)24-17;1-5-6-12-8-9(2)7-10(3)13(12)14-11(4)15/h2-5,15H,6-12H2,1H3,(H,19,23);13-18,20-22H,3-12H2,1-2H3;7-8H,5-6H2,1-4H3,(H,14,15). The van der Waals surface area contributed by atoms with E-state index in [-0.39, 0.29) is 49.5 Å². The molecule has 0 radical (unpaired) electrons. The Labute approximate surface area is 381 Å². The fourth-order valence-electron chi connectivity index (χ4n) is 9.15. The first kappa shape index (κ1) is 52.5. The van der Waals surface area contributed by atoms with Crippen LogP contribution in [0.25, 0.3) is 0 Å². The maximum Gasteiger partial charge on any atom is 0.410 e. The fraction of sp³-hybridized carbons (Fsp3) is 0.673. The zero-order chi connectivity index (χ0) is 46.8. The first-order valence-electron chi connectivity index (χ1n) is 23.6. The van der Waals surface area contributed by atoms with Crippen molar-refractivity contribution in [2.24, 2.45) is 0 Å². The van der Waals surface area contributed by atoms with E-state index in [0.29, 0.717) is 38.5 Å². The van der Waals surface area contributed by atoms with Gasteiger partial charge in [-0.2, -0.15) is 0 Å². The van der Waals surface area contributed by atoms with Crippen LogP contribution in [-0.2, 0) is 36.6 Å². The van der Waals surface area contributed by atoms with E-state index in [1.165, 1.54) is 43.7 Å². The minimum atomic E-state index is -1.04. The molecule has 4 aliphatic heterocycles. The second kappa shape index (κ2) is 26.7. The van der Waals surface area contributed by atoms with Crippen LogP contribution in [0.3, 0.4) is 0 Å². The highest BCUT2D eigenvalue weighted by atomic mass is 16.7. The van der Waals surface area contributed by atoms with Gasteiger partial charge in [-0.3, -0.25) is 9.59 Å². The third-order valence-corrected chi connectivity index (χ3v) is 12.4. The van der Waals surface area contributed by atoms with Crippen molar-refractivity contribution in [3.63, 3.8) is 0 Å². The van der Waals surface area contributed by atoms with Crippen LogP contribution in [-0.4, -0.2) is 143 Å². The van der Waals surface area contributed by atoms with E-state index in [1.54, 1.807) is 11.8 Å². The van der Waals surface area contributed by atoms with Crippen LogP contribution in [0.5, 0.6) is 0 Å². The number of anilines is 2. The second-order valence-electron chi connectivity index (χ2n) is 17.7. The Hall–Kier alpha value is -4.12. The number of benzene rings is 2. The van der Waals surface area contributed by atoms with Crippen molar-refractivity contribution in [1.29, 1.82) is 0 Å². The molecule has 0 aliphatic carbocycles. The van der Waals surface area contributed by atoms with Gasteiger partial charge in [0.25, 0.3) is 0 Å². The highest BCUT2D eigenvalue weighted by molar-refractivity contribution is 5.91. The molecule has 358 valence electrons. The molecule has 3 fully saturated rings. The Morgan fingerprint density at radius 3 is 2.20 bits per heavy atom. The van der Waals surface area contributed by atoms with Crippen LogP contribution in [0.1, 0.15) is 121 Å². The summed E-state index contributed by atoms with van der Waals surface area (Å²) in [4.78, 5) is 52.5. The van der Waals surface area contributed by atoms with Gasteiger partial charge in [0.15, 0.2) is 18.7 Å². The minimum Gasteiger partial charge on any atom is -0.441 e. The normalized spacial score (nSPS) is 22.0. The maximum atomic E-state index is 12.5. The summed E-state index contributed by atoms with van der Waals surface area (Å²) in [6.45, 7) is 17.0. The molecular weight excluding hydrogens is 819 g/mol. The van der Waals surface area contributed by atoms with E-state index >= 15 is 0 Å². The summed E-state index contributed by atoms with van der Waals surface area (Å²) in [5, 5.41) is 34.8. The Bertz CT molecular complexity index is 1770. The number of fused-ring (bicyclic) bond motifs is 1. The lowest BCUT2D eigenvalue weighted by atomic mass is 9.99. The molecule has 6 rings (SSSR count). The van der Waals surface area contributed by atoms with E-state index in [2.05, 4.69) is 55.4 Å². The number of amides is 4. The quantitative estimate of drug-likeness (QED) is 0.135. The van der Waals surface area contributed by atoms with Gasteiger partial charge in [0.2, 0.25) is 5.91 Å². The Kier molecular flexibility index (Phi) is 21.9. The number of likely N-dealkylation sites (tertiary alicyclic amines) is 2. The summed E-state index contributed by atoms with van der Waals surface area (Å²) >= 11 is 0. The largest absolute Gasteiger partial charge is 0.441 e. The molecule has 4 aliphatic rings. The lowest BCUT2D eigenvalue weighted by Crippen LogP contribution is -2.52. The number of ketones is 1. The first-order chi connectivity index (χ1) is 30.7. The van der Waals surface area contributed by atoms with Crippen LogP contribution in [0.4, 0.5) is 21.0 Å². The van der Waals surface area contributed by atoms with E-state index in [0.717, 1.165) is 67.7 Å². The van der Waals surface area contributed by atoms with Crippen molar-refractivity contribution in [2.75, 3.05) is 56.6 Å². The first-order valence-corrected chi connectivity index (χ1v) is 23.6. The minimum absolute atomic E-state index is 0.000642. The monoisotopic (exact) mass is 896 g/mol. The predicted molar refractivity (Wildman–Crippen MR) is 248 cm³/mol. The van der Waals surface area contributed by atoms with Crippen molar-refractivity contribution in [2.45, 2.75) is 168 Å². The molecule has 2 aromatic rings. The predicted octanol–water partition coefficient (Wildman–Crippen LogP) is 6.75. The lowest BCUT2D eigenvalue weighted by molar-refractivity contribution is -0.272. The molecular formula is C49H77N5O10. The van der Waals surface area contributed by atoms with Gasteiger partial charge in [-0.15, -0.1) is 0 Å². The van der Waals surface area contributed by atoms with Crippen LogP contribution in [0.15, 0.2) is 36.4 Å². The maximum absolute atomic E-state index is 12.5. The third kappa shape index (κ3) is 16.1. The van der Waals surface area contributed by atoms with Crippen LogP contribution >= 0.6 is 0 Å². The number of carbonyl (C=O) groups excluding carboxylic acids is 4. The molecule has 4 heterocycles. The zero-order valence-corrected chi connectivity index (χ0v) is 39.5. The molecule has 0 saturated carbocycles. The number of nitrogens with one attached hydrogen (secondary N) is 2. The zero-order valence-electron chi connectivity index (χ0n) is 39.5. The number of Topliss-reactive ketones (excluding diaryl/α,β-unsaturated/α-hetero) is 1. The van der Waals surface area contributed by atoms with Crippen molar-refractivity contribution in [3.05, 3.63) is 58.7 Å². The summed E-state index contributed by atoms with van der Waals surface area (Å²) in [6.07, 6.45) is 7.89. The molecule has 0 aromatic heterocycles. The van der Waals surface area contributed by atoms with E-state index < -0.39 is 30.7 Å². The number of aliphatic hydroxyl groups is 3. The average Bonchev–Trinajstić information content (AvgIpc) is 3.44. The molecule has 0 spiro atoms. The number of ether oxygens (including phenoxy) is 3. The molecule has 2 aromatic carbocycles. The van der Waals surface area contributed by atoms with Gasteiger partial charge in [0.05, 0.1) is 18.8 Å². The molecule has 4 amide bonds. The number of aryl methyl sites for hydroxylation is 3. The smallest absolute Gasteiger partial charge is 0.410 e. The molecule has 4 atom stereocenters. The van der Waals surface area contributed by atoms with Crippen LogP contribution < -0.4 is 10.6 Å². The third-order valence-electron chi connectivity index (χ3n) is 12.4. The highest BCUT2D eigenvalue weighted by Crippen LogP contribution is 2.28. The fourth-order valence-corrected chi connectivity index (χ4v) is 9.15. The van der Waals surface area contributed by atoms with Gasteiger partial charge in [-0.1, -0.05) is 75.9 Å². The van der Waals surface area contributed by atoms with Crippen LogP contribution in [0, 0.1) is 13.8 Å². The number of urea groups is 1. The Morgan fingerprint density at radius 2 is 1.59 bits per heavy atom. The summed E-state index contributed by atoms with van der Waals surface area (Å²) in [7, 11) is 0. The number of carbonyl (C=O) groups is 4. The summed E-state index contributed by atoms with van der Waals surface area (Å²) in [5.41, 5.74) is 6.66. The number of para-hydroxylation sites is 1. The highest BCUT2D eigenvalue weighted by Gasteiger charge is 2.38. The van der Waals surface area contributed by atoms with Gasteiger partial charge in [-0.25, -0.2) is 9.59 Å². The van der Waals surface area contributed by atoms with Crippen LogP contribution in [0.2, 0.25) is 0 Å². The molecule has 0 bridgehead atoms. The van der Waals surface area contributed by atoms with Gasteiger partial charge < -0.3 is 54.9 Å². The van der Waals surface area contributed by atoms with Crippen molar-refractivity contribution >= 4 is 35.2 Å². The number of nitrogens with zero attached hydrogens (tertiary/aromatic N) is 3. The summed E-state index contributed by atoms with van der Waals surface area (Å²) in [5.74, 6) is -0.177. The molecule has 3 saturated heterocycles. The van der Waals surface area contributed by atoms with Crippen molar-refractivity contribution in [3.8, 4) is 0 Å². The van der Waals surface area contributed by atoms with Crippen molar-refractivity contribution in [1.82, 2.24) is 14.7 Å². The number of hydrogen-bond donors (Lipinski definition) is 5. The lowest BCUT2D eigenvalue weighted by Gasteiger charge is -2.41. The van der Waals surface area contributed by atoms with E-state index in [1.807, 2.05) is 36.1 Å². The molecule has 5 N–H and O–H groups in total. The number of hydrogen-bond acceptors (Lipinski definition) is 11. The van der Waals surface area contributed by atoms with Gasteiger partial charge in [-0.05, 0) is 94.9 Å². The molecule has 15 heteroatoms. The average molecular weight is 896 g/mol. The van der Waals surface area contributed by atoms with E-state index in [9.17, 15) is 34.5 Å². The SMILES string of the molecule is CC(=O)COC(=O)N1CCC(N2CCc3ccccc3NC2=O)CC1.CCCC(CCC)N1CCC(OC2CC(O)C(O)C(CO)O2)CC1.CCCc1cc(C)cc(C)c1NC(C)=O. The second-order valence-corrected chi connectivity index (χ2v) is 17.7. The van der Waals surface area contributed by atoms with Crippen molar-refractivity contribution < 1.29 is 48.7 Å². The van der Waals surface area contributed by atoms with Gasteiger partial charge in [0.1, 0.15) is 12.2 Å². The molecule has 4 unspecified atom stereocenters. The molecule has 64 heavy (non-hydrogen) atoms. The summed E-state index contributed by atoms with van der Waals surface area (Å²) < 4.78 is 16.5. The topological polar surface area (TPSA) is 190 Å². The Balaban J connectivity index is 0.000000218. The number of piperidine rings is 2. The van der Waals surface area contributed by atoms with Gasteiger partial charge in [0, 0.05) is 69.5 Å². The number of rotatable bonds is 14. The van der Waals surface area contributed by atoms with Gasteiger partial charge >= 0.3 is 12.1 Å². The Morgan fingerprint density at radius 1 is 0.922 bits per heavy atom. The summed E-state index contributed by atoms with van der Waals surface area (Å²) in [6, 6.07) is 12.8.